The molecule has 2 aromatic rings. The summed E-state index contributed by atoms with van der Waals surface area (Å²) in [5.74, 6) is -0.460. The minimum absolute atomic E-state index is 0.0305. The van der Waals surface area contributed by atoms with Crippen LogP contribution in [0.1, 0.15) is 53.9 Å². The van der Waals surface area contributed by atoms with E-state index in [-0.39, 0.29) is 5.56 Å². The fraction of sp³-hybridized carbons (Fsp3) is 0.333. The summed E-state index contributed by atoms with van der Waals surface area (Å²) in [6.45, 7) is 0. The van der Waals surface area contributed by atoms with Gasteiger partial charge in [-0.2, -0.15) is 4.73 Å². The molecule has 1 fully saturated rings. The molecule has 0 aliphatic heterocycles. The van der Waals surface area contributed by atoms with Gasteiger partial charge in [0.05, 0.1) is 0 Å². The number of carboxylic acid groups (broad SMARTS) is 1. The molecule has 0 unspecified atom stereocenters. The van der Waals surface area contributed by atoms with Crippen molar-refractivity contribution in [2.75, 3.05) is 0 Å². The lowest BCUT2D eigenvalue weighted by Crippen LogP contribution is -2.26. The third-order valence-electron chi connectivity index (χ3n) is 4.46. The Hall–Kier alpha value is -2.36. The summed E-state index contributed by atoms with van der Waals surface area (Å²) in [5.41, 5.74) is 2.77. The van der Waals surface area contributed by atoms with E-state index in [1.165, 1.54) is 43.9 Å². The number of pyridine rings is 1. The Morgan fingerprint density at radius 1 is 1.09 bits per heavy atom. The number of rotatable bonds is 3. The lowest BCUT2D eigenvalue weighted by molar-refractivity contribution is -0.605. The second-order valence-corrected chi connectivity index (χ2v) is 5.89. The predicted molar refractivity (Wildman–Crippen MR) is 83.6 cm³/mol. The van der Waals surface area contributed by atoms with Crippen LogP contribution >= 0.6 is 0 Å². The van der Waals surface area contributed by atoms with Crippen LogP contribution < -0.4 is 4.73 Å². The predicted octanol–water partition coefficient (Wildman–Crippen LogP) is 3.73. The summed E-state index contributed by atoms with van der Waals surface area (Å²) < 4.78 is 0.517. The van der Waals surface area contributed by atoms with Gasteiger partial charge in [-0.3, -0.25) is 0 Å². The monoisotopic (exact) mass is 297 g/mol. The van der Waals surface area contributed by atoms with Crippen molar-refractivity contribution >= 4 is 5.97 Å². The van der Waals surface area contributed by atoms with Crippen LogP contribution in [0.2, 0.25) is 0 Å². The number of nitrogens with zero attached hydrogens (tertiary/aromatic N) is 1. The zero-order chi connectivity index (χ0) is 15.5. The van der Waals surface area contributed by atoms with E-state index >= 15 is 0 Å². The number of aromatic nitrogens is 1. The summed E-state index contributed by atoms with van der Waals surface area (Å²) in [4.78, 5) is 11.3. The van der Waals surface area contributed by atoms with Crippen molar-refractivity contribution in [1.82, 2.24) is 0 Å². The molecule has 4 heteroatoms. The zero-order valence-corrected chi connectivity index (χ0v) is 12.4. The van der Waals surface area contributed by atoms with Crippen LogP contribution in [0.3, 0.4) is 0 Å². The molecule has 22 heavy (non-hydrogen) atoms. The van der Waals surface area contributed by atoms with E-state index in [1.54, 1.807) is 6.07 Å². The van der Waals surface area contributed by atoms with Crippen LogP contribution in [-0.2, 0) is 0 Å². The van der Waals surface area contributed by atoms with Gasteiger partial charge in [-0.05, 0) is 29.9 Å². The molecule has 1 aromatic heterocycles. The van der Waals surface area contributed by atoms with Gasteiger partial charge in [-0.1, -0.05) is 43.5 Å². The van der Waals surface area contributed by atoms with Crippen LogP contribution in [0, 0.1) is 5.21 Å². The molecule has 0 atom stereocenters. The van der Waals surface area contributed by atoms with E-state index in [0.29, 0.717) is 16.2 Å². The number of hydrogen-bond acceptors (Lipinski definition) is 2. The van der Waals surface area contributed by atoms with E-state index in [1.807, 2.05) is 12.1 Å². The smallest absolute Gasteiger partial charge is 0.342 e. The van der Waals surface area contributed by atoms with Gasteiger partial charge in [-0.25, -0.2) is 4.79 Å². The van der Waals surface area contributed by atoms with Gasteiger partial charge in [0.2, 0.25) is 0 Å². The van der Waals surface area contributed by atoms with Crippen molar-refractivity contribution < 1.29 is 14.6 Å². The molecule has 0 bridgehead atoms. The zero-order valence-electron chi connectivity index (χ0n) is 12.4. The SMILES string of the molecule is O=C(O)c1c[n+]([O-])ccc1-c1ccc(C2CCCCC2)cc1. The molecule has 0 radical (unpaired) electrons. The van der Waals surface area contributed by atoms with Gasteiger partial charge in [0.1, 0.15) is 5.56 Å². The molecule has 114 valence electrons. The maximum atomic E-state index is 11.3. The number of benzene rings is 1. The molecular formula is C18H19NO3. The normalized spacial score (nSPS) is 15.6. The quantitative estimate of drug-likeness (QED) is 0.693. The summed E-state index contributed by atoms with van der Waals surface area (Å²) >= 11 is 0. The minimum atomic E-state index is -1.09. The summed E-state index contributed by atoms with van der Waals surface area (Å²) in [5, 5.41) is 20.5. The van der Waals surface area contributed by atoms with Crippen molar-refractivity contribution in [3.8, 4) is 11.1 Å². The Morgan fingerprint density at radius 3 is 2.41 bits per heavy atom. The van der Waals surface area contributed by atoms with Crippen molar-refractivity contribution in [1.29, 1.82) is 0 Å². The molecule has 3 rings (SSSR count). The number of hydrogen-bond donors (Lipinski definition) is 1. The lowest BCUT2D eigenvalue weighted by Gasteiger charge is -2.22. The van der Waals surface area contributed by atoms with E-state index < -0.39 is 5.97 Å². The molecule has 1 aliphatic rings. The van der Waals surface area contributed by atoms with Crippen molar-refractivity contribution in [2.45, 2.75) is 38.0 Å². The second-order valence-electron chi connectivity index (χ2n) is 5.89. The molecular weight excluding hydrogens is 278 g/mol. The largest absolute Gasteiger partial charge is 0.619 e. The van der Waals surface area contributed by atoms with Crippen LogP contribution in [0.5, 0.6) is 0 Å². The number of carbonyl (C=O) groups is 1. The van der Waals surface area contributed by atoms with Gasteiger partial charge in [0.15, 0.2) is 12.4 Å². The third kappa shape index (κ3) is 2.96. The van der Waals surface area contributed by atoms with E-state index in [9.17, 15) is 15.1 Å². The summed E-state index contributed by atoms with van der Waals surface area (Å²) in [6, 6.07) is 9.66. The van der Waals surface area contributed by atoms with Gasteiger partial charge in [-0.15, -0.1) is 0 Å². The highest BCUT2D eigenvalue weighted by Crippen LogP contribution is 2.33. The molecule has 4 nitrogen and oxygen atoms in total. The van der Waals surface area contributed by atoms with Crippen LogP contribution in [-0.4, -0.2) is 11.1 Å². The molecule has 1 N–H and O–H groups in total. The van der Waals surface area contributed by atoms with Gasteiger partial charge in [0, 0.05) is 11.6 Å². The van der Waals surface area contributed by atoms with Crippen LogP contribution in [0.25, 0.3) is 11.1 Å². The summed E-state index contributed by atoms with van der Waals surface area (Å²) in [6.07, 6.45) is 8.82. The van der Waals surface area contributed by atoms with E-state index in [0.717, 1.165) is 11.8 Å². The molecule has 1 saturated carbocycles. The second kappa shape index (κ2) is 6.18. The Labute approximate surface area is 129 Å². The first-order chi connectivity index (χ1) is 10.6. The average molecular weight is 297 g/mol. The van der Waals surface area contributed by atoms with Gasteiger partial charge >= 0.3 is 5.97 Å². The Balaban J connectivity index is 1.91. The Bertz CT molecular complexity index is 673. The van der Waals surface area contributed by atoms with Crippen molar-refractivity contribution in [3.63, 3.8) is 0 Å². The first-order valence-corrected chi connectivity index (χ1v) is 7.71. The Morgan fingerprint density at radius 2 is 1.77 bits per heavy atom. The first kappa shape index (κ1) is 14.6. The molecule has 0 saturated heterocycles. The summed E-state index contributed by atoms with van der Waals surface area (Å²) in [7, 11) is 0. The van der Waals surface area contributed by atoms with Gasteiger partial charge in [0.25, 0.3) is 0 Å². The van der Waals surface area contributed by atoms with Crippen molar-refractivity contribution in [3.05, 3.63) is 59.1 Å². The fourth-order valence-electron chi connectivity index (χ4n) is 3.27. The molecule has 1 aliphatic carbocycles. The highest BCUT2D eigenvalue weighted by Gasteiger charge is 2.18. The van der Waals surface area contributed by atoms with Crippen LogP contribution in [0.4, 0.5) is 0 Å². The third-order valence-corrected chi connectivity index (χ3v) is 4.46. The number of aromatic carboxylic acids is 1. The molecule has 0 amide bonds. The highest BCUT2D eigenvalue weighted by molar-refractivity contribution is 5.95. The standard InChI is InChI=1S/C18H19NO3/c20-18(21)17-12-19(22)11-10-16(17)15-8-6-14(7-9-15)13-4-2-1-3-5-13/h6-13H,1-5H2,(H,20,21). The first-order valence-electron chi connectivity index (χ1n) is 7.71. The average Bonchev–Trinajstić information content (AvgIpc) is 2.56. The number of carboxylic acids is 1. The maximum absolute atomic E-state index is 11.3. The lowest BCUT2D eigenvalue weighted by atomic mass is 9.83. The molecule has 1 aromatic carbocycles. The van der Waals surface area contributed by atoms with Crippen LogP contribution in [0.15, 0.2) is 42.7 Å². The van der Waals surface area contributed by atoms with Crippen molar-refractivity contribution in [2.24, 2.45) is 0 Å². The molecule has 1 heterocycles. The van der Waals surface area contributed by atoms with E-state index in [4.69, 9.17) is 0 Å². The van der Waals surface area contributed by atoms with Gasteiger partial charge < -0.3 is 10.3 Å². The maximum Gasteiger partial charge on any atom is 0.342 e. The van der Waals surface area contributed by atoms with E-state index in [2.05, 4.69) is 12.1 Å². The molecule has 0 spiro atoms. The Kier molecular flexibility index (Phi) is 4.09. The minimum Gasteiger partial charge on any atom is -0.619 e. The highest BCUT2D eigenvalue weighted by atomic mass is 16.5. The topological polar surface area (TPSA) is 64.2 Å². The fourth-order valence-corrected chi connectivity index (χ4v) is 3.27.